The van der Waals surface area contributed by atoms with Crippen molar-refractivity contribution in [3.05, 3.63) is 34.9 Å². The summed E-state index contributed by atoms with van der Waals surface area (Å²) in [6, 6.07) is 7.71. The minimum atomic E-state index is -0.532. The SMILES string of the molecule is CC(C)(C)OC(=O)Nc1nccc2ccc(Br)cc12. The standard InChI is InChI=1S/C14H15BrN2O2/c1-14(2,3)19-13(18)17-12-11-8-10(15)5-4-9(11)6-7-16-12/h4-8H,1-3H3,(H,16,17,18). The monoisotopic (exact) mass is 322 g/mol. The molecule has 100 valence electrons. The van der Waals surface area contributed by atoms with Gasteiger partial charge in [-0.25, -0.2) is 9.78 Å². The second-order valence-electron chi connectivity index (χ2n) is 5.15. The summed E-state index contributed by atoms with van der Waals surface area (Å²) in [6.45, 7) is 5.46. The first-order valence-corrected chi connectivity index (χ1v) is 6.69. The van der Waals surface area contributed by atoms with Crippen molar-refractivity contribution in [1.82, 2.24) is 4.98 Å². The van der Waals surface area contributed by atoms with Crippen molar-refractivity contribution in [2.75, 3.05) is 5.32 Å². The number of rotatable bonds is 1. The Morgan fingerprint density at radius 3 is 2.74 bits per heavy atom. The van der Waals surface area contributed by atoms with E-state index >= 15 is 0 Å². The van der Waals surface area contributed by atoms with E-state index in [1.54, 1.807) is 6.20 Å². The van der Waals surface area contributed by atoms with Crippen LogP contribution in [-0.2, 0) is 4.74 Å². The summed E-state index contributed by atoms with van der Waals surface area (Å²) in [5.74, 6) is 0.494. The summed E-state index contributed by atoms with van der Waals surface area (Å²) in [7, 11) is 0. The van der Waals surface area contributed by atoms with Crippen LogP contribution < -0.4 is 5.32 Å². The predicted octanol–water partition coefficient (Wildman–Crippen LogP) is 4.34. The van der Waals surface area contributed by atoms with Crippen molar-refractivity contribution in [2.45, 2.75) is 26.4 Å². The Labute approximate surface area is 120 Å². The Bertz CT molecular complexity index is 620. The molecule has 0 radical (unpaired) electrons. The molecule has 1 aromatic heterocycles. The van der Waals surface area contributed by atoms with Gasteiger partial charge in [0.05, 0.1) is 0 Å². The summed E-state index contributed by atoms with van der Waals surface area (Å²) < 4.78 is 6.15. The van der Waals surface area contributed by atoms with Gasteiger partial charge in [-0.3, -0.25) is 5.32 Å². The molecule has 0 bridgehead atoms. The number of carbonyl (C=O) groups is 1. The molecule has 1 amide bonds. The summed E-state index contributed by atoms with van der Waals surface area (Å²) >= 11 is 3.41. The Morgan fingerprint density at radius 1 is 1.32 bits per heavy atom. The van der Waals surface area contributed by atoms with Gasteiger partial charge in [-0.2, -0.15) is 0 Å². The first kappa shape index (κ1) is 13.8. The van der Waals surface area contributed by atoms with Crippen molar-refractivity contribution >= 4 is 38.6 Å². The number of benzene rings is 1. The maximum absolute atomic E-state index is 11.8. The fourth-order valence-corrected chi connectivity index (χ4v) is 2.00. The lowest BCUT2D eigenvalue weighted by Gasteiger charge is -2.19. The highest BCUT2D eigenvalue weighted by atomic mass is 79.9. The summed E-state index contributed by atoms with van der Waals surface area (Å²) in [5, 5.41) is 4.54. The van der Waals surface area contributed by atoms with Gasteiger partial charge in [0, 0.05) is 16.1 Å². The van der Waals surface area contributed by atoms with Crippen molar-refractivity contribution in [1.29, 1.82) is 0 Å². The molecule has 0 atom stereocenters. The number of hydrogen-bond donors (Lipinski definition) is 1. The normalized spacial score (nSPS) is 11.4. The van der Waals surface area contributed by atoms with Crippen LogP contribution in [0, 0.1) is 0 Å². The van der Waals surface area contributed by atoms with E-state index in [0.717, 1.165) is 15.2 Å². The van der Waals surface area contributed by atoms with Gasteiger partial charge in [0.25, 0.3) is 0 Å². The lowest BCUT2D eigenvalue weighted by atomic mass is 10.1. The van der Waals surface area contributed by atoms with Crippen LogP contribution in [0.15, 0.2) is 34.9 Å². The lowest BCUT2D eigenvalue weighted by Crippen LogP contribution is -2.27. The van der Waals surface area contributed by atoms with Crippen molar-refractivity contribution in [2.24, 2.45) is 0 Å². The molecule has 0 aliphatic rings. The van der Waals surface area contributed by atoms with E-state index in [0.29, 0.717) is 5.82 Å². The Hall–Kier alpha value is -1.62. The van der Waals surface area contributed by atoms with Crippen LogP contribution in [0.3, 0.4) is 0 Å². The van der Waals surface area contributed by atoms with Gasteiger partial charge in [-0.15, -0.1) is 0 Å². The Kier molecular flexibility index (Phi) is 3.75. The summed E-state index contributed by atoms with van der Waals surface area (Å²) in [5.41, 5.74) is -0.532. The van der Waals surface area contributed by atoms with E-state index in [1.165, 1.54) is 0 Å². The first-order valence-electron chi connectivity index (χ1n) is 5.89. The lowest BCUT2D eigenvalue weighted by molar-refractivity contribution is 0.0635. The molecular weight excluding hydrogens is 308 g/mol. The largest absolute Gasteiger partial charge is 0.444 e. The maximum Gasteiger partial charge on any atom is 0.413 e. The summed E-state index contributed by atoms with van der Waals surface area (Å²) in [6.07, 6.45) is 1.15. The van der Waals surface area contributed by atoms with E-state index in [4.69, 9.17) is 4.74 Å². The van der Waals surface area contributed by atoms with Crippen LogP contribution in [0.1, 0.15) is 20.8 Å². The molecule has 2 rings (SSSR count). The molecule has 0 fully saturated rings. The third-order valence-corrected chi connectivity index (χ3v) is 2.84. The van der Waals surface area contributed by atoms with Crippen molar-refractivity contribution < 1.29 is 9.53 Å². The van der Waals surface area contributed by atoms with E-state index < -0.39 is 11.7 Å². The highest BCUT2D eigenvalue weighted by Gasteiger charge is 2.17. The van der Waals surface area contributed by atoms with Crippen LogP contribution in [0.2, 0.25) is 0 Å². The Balaban J connectivity index is 2.30. The number of fused-ring (bicyclic) bond motifs is 1. The van der Waals surface area contributed by atoms with Crippen molar-refractivity contribution in [3.8, 4) is 0 Å². The number of aromatic nitrogens is 1. The van der Waals surface area contributed by atoms with Gasteiger partial charge >= 0.3 is 6.09 Å². The fraction of sp³-hybridized carbons (Fsp3) is 0.286. The number of nitrogens with one attached hydrogen (secondary N) is 1. The second-order valence-corrected chi connectivity index (χ2v) is 6.07. The number of anilines is 1. The summed E-state index contributed by atoms with van der Waals surface area (Å²) in [4.78, 5) is 16.0. The molecule has 4 nitrogen and oxygen atoms in total. The fourth-order valence-electron chi connectivity index (χ4n) is 1.64. The van der Waals surface area contributed by atoms with Gasteiger partial charge in [-0.1, -0.05) is 22.0 Å². The molecule has 0 spiro atoms. The topological polar surface area (TPSA) is 51.2 Å². The molecule has 5 heteroatoms. The minimum Gasteiger partial charge on any atom is -0.444 e. The molecule has 0 saturated carbocycles. The third kappa shape index (κ3) is 3.67. The zero-order chi connectivity index (χ0) is 14.0. The number of amides is 1. The predicted molar refractivity (Wildman–Crippen MR) is 79.3 cm³/mol. The van der Waals surface area contributed by atoms with Crippen LogP contribution in [0.5, 0.6) is 0 Å². The zero-order valence-corrected chi connectivity index (χ0v) is 12.6. The second kappa shape index (κ2) is 5.17. The first-order chi connectivity index (χ1) is 8.85. The van der Waals surface area contributed by atoms with Crippen LogP contribution in [0.4, 0.5) is 10.6 Å². The molecular formula is C14H15BrN2O2. The molecule has 0 aliphatic heterocycles. The molecule has 1 N–H and O–H groups in total. The van der Waals surface area contributed by atoms with E-state index in [-0.39, 0.29) is 0 Å². The maximum atomic E-state index is 11.8. The van der Waals surface area contributed by atoms with E-state index in [2.05, 4.69) is 26.2 Å². The van der Waals surface area contributed by atoms with Gasteiger partial charge in [0.2, 0.25) is 0 Å². The molecule has 2 aromatic rings. The molecule has 1 heterocycles. The number of halogens is 1. The van der Waals surface area contributed by atoms with Crippen molar-refractivity contribution in [3.63, 3.8) is 0 Å². The minimum absolute atomic E-state index is 0.494. The molecule has 0 saturated heterocycles. The van der Waals surface area contributed by atoms with E-state index in [9.17, 15) is 4.79 Å². The average Bonchev–Trinajstić information content (AvgIpc) is 2.27. The average molecular weight is 323 g/mol. The van der Waals surface area contributed by atoms with Crippen LogP contribution in [-0.4, -0.2) is 16.7 Å². The van der Waals surface area contributed by atoms with Gasteiger partial charge in [0.15, 0.2) is 0 Å². The van der Waals surface area contributed by atoms with Crippen LogP contribution in [0.25, 0.3) is 10.8 Å². The third-order valence-electron chi connectivity index (χ3n) is 2.35. The quantitative estimate of drug-likeness (QED) is 0.849. The molecule has 0 aliphatic carbocycles. The number of hydrogen-bond acceptors (Lipinski definition) is 3. The molecule has 0 unspecified atom stereocenters. The zero-order valence-electron chi connectivity index (χ0n) is 11.0. The Morgan fingerprint density at radius 2 is 2.05 bits per heavy atom. The van der Waals surface area contributed by atoms with Gasteiger partial charge in [-0.05, 0) is 44.4 Å². The number of ether oxygens (including phenoxy) is 1. The number of pyridine rings is 1. The molecule has 1 aromatic carbocycles. The van der Waals surface area contributed by atoms with Gasteiger partial charge < -0.3 is 4.74 Å². The number of carbonyl (C=O) groups excluding carboxylic acids is 1. The highest BCUT2D eigenvalue weighted by molar-refractivity contribution is 9.10. The molecule has 19 heavy (non-hydrogen) atoms. The van der Waals surface area contributed by atoms with Gasteiger partial charge in [0.1, 0.15) is 11.4 Å². The number of nitrogens with zero attached hydrogens (tertiary/aromatic N) is 1. The van der Waals surface area contributed by atoms with E-state index in [1.807, 2.05) is 45.0 Å². The smallest absolute Gasteiger partial charge is 0.413 e. The highest BCUT2D eigenvalue weighted by Crippen LogP contribution is 2.25. The van der Waals surface area contributed by atoms with Crippen LogP contribution >= 0.6 is 15.9 Å².